The molecule has 9 nitrogen and oxygen atoms in total. The summed E-state index contributed by atoms with van der Waals surface area (Å²) in [6.07, 6.45) is 5.74. The van der Waals surface area contributed by atoms with Gasteiger partial charge in [0.25, 0.3) is 0 Å². The van der Waals surface area contributed by atoms with Gasteiger partial charge in [0.2, 0.25) is 5.82 Å². The molecule has 0 unspecified atom stereocenters. The summed E-state index contributed by atoms with van der Waals surface area (Å²) < 4.78 is 29.9. The number of nitrogens with one attached hydrogen (secondary N) is 1. The quantitative estimate of drug-likeness (QED) is 0.471. The first kappa shape index (κ1) is 18.1. The van der Waals surface area contributed by atoms with Crippen molar-refractivity contribution in [2.75, 3.05) is 6.26 Å². The number of aromatic amines is 1. The molecular formula is C20H14N6O3S. The Balaban J connectivity index is 1.58. The van der Waals surface area contributed by atoms with Crippen LogP contribution < -0.4 is 0 Å². The molecule has 5 aromatic rings. The summed E-state index contributed by atoms with van der Waals surface area (Å²) in [5.41, 5.74) is 4.25. The molecule has 10 heteroatoms. The molecule has 0 atom stereocenters. The molecule has 0 spiro atoms. The topological polar surface area (TPSA) is 128 Å². The Bertz CT molecular complexity index is 1460. The SMILES string of the molecule is CS(=O)(=O)c1cncc(-c2ccnc3cc(-c4ccc(-c5nn[nH]n5)cc4)oc23)c1. The summed E-state index contributed by atoms with van der Waals surface area (Å²) in [7, 11) is -3.37. The fourth-order valence-corrected chi connectivity index (χ4v) is 3.74. The predicted molar refractivity (Wildman–Crippen MR) is 109 cm³/mol. The lowest BCUT2D eigenvalue weighted by Crippen LogP contribution is -1.98. The lowest BCUT2D eigenvalue weighted by Gasteiger charge is -2.04. The number of aromatic nitrogens is 6. The standard InChI is InChI=1S/C20H14N6O3S/c1-30(27,28)15-8-14(10-21-11-15)16-6-7-22-17-9-18(29-19(16)17)12-2-4-13(5-3-12)20-23-25-26-24-20/h2-11H,1H3,(H,23,24,25,26). The lowest BCUT2D eigenvalue weighted by molar-refractivity contribution is 0.601. The molecule has 1 aromatic carbocycles. The average Bonchev–Trinajstić information content (AvgIpc) is 3.43. The Morgan fingerprint density at radius 3 is 2.50 bits per heavy atom. The lowest BCUT2D eigenvalue weighted by atomic mass is 10.1. The zero-order chi connectivity index (χ0) is 20.7. The van der Waals surface area contributed by atoms with Crippen LogP contribution in [0.2, 0.25) is 0 Å². The number of furan rings is 1. The van der Waals surface area contributed by atoms with Crippen molar-refractivity contribution < 1.29 is 12.8 Å². The number of rotatable bonds is 4. The number of H-pyrrole nitrogens is 1. The molecule has 0 bridgehead atoms. The Morgan fingerprint density at radius 2 is 1.77 bits per heavy atom. The molecule has 0 saturated heterocycles. The number of pyridine rings is 2. The van der Waals surface area contributed by atoms with Crippen molar-refractivity contribution in [2.24, 2.45) is 0 Å². The van der Waals surface area contributed by atoms with E-state index in [2.05, 4.69) is 30.6 Å². The summed E-state index contributed by atoms with van der Waals surface area (Å²) in [4.78, 5) is 8.60. The fourth-order valence-electron chi connectivity index (χ4n) is 3.14. The van der Waals surface area contributed by atoms with E-state index in [1.807, 2.05) is 30.3 Å². The van der Waals surface area contributed by atoms with Gasteiger partial charge in [0.15, 0.2) is 15.4 Å². The van der Waals surface area contributed by atoms with Crippen molar-refractivity contribution in [2.45, 2.75) is 4.90 Å². The molecule has 0 saturated carbocycles. The van der Waals surface area contributed by atoms with E-state index in [1.165, 1.54) is 6.20 Å². The highest BCUT2D eigenvalue weighted by molar-refractivity contribution is 7.90. The van der Waals surface area contributed by atoms with Crippen LogP contribution in [0.1, 0.15) is 0 Å². The normalized spacial score (nSPS) is 11.8. The molecule has 148 valence electrons. The van der Waals surface area contributed by atoms with Crippen molar-refractivity contribution in [1.82, 2.24) is 30.6 Å². The smallest absolute Gasteiger partial charge is 0.204 e. The molecule has 0 aliphatic carbocycles. The van der Waals surface area contributed by atoms with E-state index in [9.17, 15) is 8.42 Å². The minimum Gasteiger partial charge on any atom is -0.454 e. The third kappa shape index (κ3) is 3.22. The third-order valence-corrected chi connectivity index (χ3v) is 5.72. The van der Waals surface area contributed by atoms with Gasteiger partial charge in [-0.25, -0.2) is 8.42 Å². The second-order valence-corrected chi connectivity index (χ2v) is 8.69. The van der Waals surface area contributed by atoms with Gasteiger partial charge >= 0.3 is 0 Å². The van der Waals surface area contributed by atoms with Crippen LogP contribution in [-0.4, -0.2) is 45.3 Å². The first-order chi connectivity index (χ1) is 14.5. The largest absolute Gasteiger partial charge is 0.454 e. The summed E-state index contributed by atoms with van der Waals surface area (Å²) in [5, 5.41) is 13.9. The molecule has 0 aliphatic rings. The summed E-state index contributed by atoms with van der Waals surface area (Å²) in [6.45, 7) is 0. The molecule has 4 heterocycles. The van der Waals surface area contributed by atoms with Crippen molar-refractivity contribution in [3.63, 3.8) is 0 Å². The molecule has 5 rings (SSSR count). The van der Waals surface area contributed by atoms with E-state index in [1.54, 1.807) is 24.5 Å². The maximum absolute atomic E-state index is 11.9. The number of tetrazole rings is 1. The molecule has 0 fully saturated rings. The third-order valence-electron chi connectivity index (χ3n) is 4.64. The fraction of sp³-hybridized carbons (Fsp3) is 0.0500. The Kier molecular flexibility index (Phi) is 4.14. The van der Waals surface area contributed by atoms with Gasteiger partial charge in [-0.15, -0.1) is 10.2 Å². The van der Waals surface area contributed by atoms with Crippen LogP contribution in [0.15, 0.2) is 70.4 Å². The number of benzene rings is 1. The van der Waals surface area contributed by atoms with E-state index in [0.717, 1.165) is 17.4 Å². The maximum Gasteiger partial charge on any atom is 0.204 e. The maximum atomic E-state index is 11.9. The van der Waals surface area contributed by atoms with Crippen molar-refractivity contribution >= 4 is 20.9 Å². The van der Waals surface area contributed by atoms with Gasteiger partial charge in [-0.2, -0.15) is 5.21 Å². The molecule has 0 radical (unpaired) electrons. The van der Waals surface area contributed by atoms with Gasteiger partial charge < -0.3 is 4.42 Å². The number of sulfone groups is 1. The highest BCUT2D eigenvalue weighted by atomic mass is 32.2. The number of hydrogen-bond donors (Lipinski definition) is 1. The van der Waals surface area contributed by atoms with E-state index < -0.39 is 9.84 Å². The van der Waals surface area contributed by atoms with Crippen LogP contribution in [0, 0.1) is 0 Å². The number of hydrogen-bond acceptors (Lipinski definition) is 8. The van der Waals surface area contributed by atoms with Gasteiger partial charge in [0, 0.05) is 53.2 Å². The second-order valence-electron chi connectivity index (χ2n) is 6.68. The molecule has 4 aromatic heterocycles. The van der Waals surface area contributed by atoms with Crippen LogP contribution in [0.5, 0.6) is 0 Å². The Labute approximate surface area is 170 Å². The van der Waals surface area contributed by atoms with Gasteiger partial charge in [-0.1, -0.05) is 24.3 Å². The Hall–Kier alpha value is -3.92. The molecule has 1 N–H and O–H groups in total. The monoisotopic (exact) mass is 418 g/mol. The first-order valence-electron chi connectivity index (χ1n) is 8.87. The summed E-state index contributed by atoms with van der Waals surface area (Å²) in [6, 6.07) is 12.7. The number of fused-ring (bicyclic) bond motifs is 1. The van der Waals surface area contributed by atoms with Crippen LogP contribution in [0.3, 0.4) is 0 Å². The predicted octanol–water partition coefficient (Wildman–Crippen LogP) is 3.14. The second kappa shape index (κ2) is 6.85. The van der Waals surface area contributed by atoms with Gasteiger partial charge in [-0.3, -0.25) is 9.97 Å². The highest BCUT2D eigenvalue weighted by Gasteiger charge is 2.15. The zero-order valence-corrected chi connectivity index (χ0v) is 16.5. The average molecular weight is 418 g/mol. The molecule has 0 amide bonds. The van der Waals surface area contributed by atoms with Crippen molar-refractivity contribution in [1.29, 1.82) is 0 Å². The minimum absolute atomic E-state index is 0.147. The molecule has 30 heavy (non-hydrogen) atoms. The van der Waals surface area contributed by atoms with Crippen LogP contribution in [-0.2, 0) is 9.84 Å². The van der Waals surface area contributed by atoms with Gasteiger partial charge in [-0.05, 0) is 17.3 Å². The molecular weight excluding hydrogens is 404 g/mol. The zero-order valence-electron chi connectivity index (χ0n) is 15.6. The molecule has 0 aliphatic heterocycles. The first-order valence-corrected chi connectivity index (χ1v) is 10.8. The number of nitrogens with zero attached hydrogens (tertiary/aromatic N) is 5. The van der Waals surface area contributed by atoms with E-state index in [-0.39, 0.29) is 4.90 Å². The van der Waals surface area contributed by atoms with Crippen LogP contribution in [0.25, 0.3) is 44.9 Å². The van der Waals surface area contributed by atoms with Gasteiger partial charge in [0.05, 0.1) is 4.90 Å². The van der Waals surface area contributed by atoms with Crippen molar-refractivity contribution in [3.8, 4) is 33.8 Å². The highest BCUT2D eigenvalue weighted by Crippen LogP contribution is 2.34. The van der Waals surface area contributed by atoms with Crippen LogP contribution >= 0.6 is 0 Å². The van der Waals surface area contributed by atoms with Crippen molar-refractivity contribution in [3.05, 3.63) is 61.1 Å². The van der Waals surface area contributed by atoms with E-state index in [0.29, 0.717) is 33.8 Å². The summed E-state index contributed by atoms with van der Waals surface area (Å²) in [5.74, 6) is 1.14. The summed E-state index contributed by atoms with van der Waals surface area (Å²) >= 11 is 0. The minimum atomic E-state index is -3.37. The van der Waals surface area contributed by atoms with Crippen LogP contribution in [0.4, 0.5) is 0 Å². The van der Waals surface area contributed by atoms with E-state index in [4.69, 9.17) is 4.42 Å². The Morgan fingerprint density at radius 1 is 0.967 bits per heavy atom. The van der Waals surface area contributed by atoms with E-state index >= 15 is 0 Å². The van der Waals surface area contributed by atoms with Gasteiger partial charge in [0.1, 0.15) is 11.3 Å².